The average molecular weight is 314 g/mol. The Morgan fingerprint density at radius 1 is 1.09 bits per heavy atom. The van der Waals surface area contributed by atoms with E-state index < -0.39 is 0 Å². The summed E-state index contributed by atoms with van der Waals surface area (Å²) in [6, 6.07) is 14.0. The number of benzene rings is 2. The Kier molecular flexibility index (Phi) is 4.88. The van der Waals surface area contributed by atoms with Crippen molar-refractivity contribution in [2.75, 3.05) is 36.5 Å². The Bertz CT molecular complexity index is 667. The van der Waals surface area contributed by atoms with Gasteiger partial charge in [0, 0.05) is 24.5 Å². The van der Waals surface area contributed by atoms with Crippen molar-refractivity contribution in [3.63, 3.8) is 0 Å². The molecule has 23 heavy (non-hydrogen) atoms. The number of amides is 1. The van der Waals surface area contributed by atoms with Crippen molar-refractivity contribution in [1.82, 2.24) is 0 Å². The summed E-state index contributed by atoms with van der Waals surface area (Å²) in [7, 11) is 0. The van der Waals surface area contributed by atoms with Crippen molar-refractivity contribution < 1.29 is 13.9 Å². The summed E-state index contributed by atoms with van der Waals surface area (Å²) < 4.78 is 18.9. The predicted octanol–water partition coefficient (Wildman–Crippen LogP) is 2.84. The van der Waals surface area contributed by atoms with Crippen LogP contribution < -0.4 is 10.2 Å². The first-order valence-corrected chi connectivity index (χ1v) is 7.68. The largest absolute Gasteiger partial charge is 0.378 e. The Hall–Kier alpha value is -2.40. The van der Waals surface area contributed by atoms with E-state index in [2.05, 4.69) is 10.2 Å². The Morgan fingerprint density at radius 2 is 1.78 bits per heavy atom. The molecule has 0 aliphatic carbocycles. The number of nitrogens with one attached hydrogen (secondary N) is 1. The van der Waals surface area contributed by atoms with E-state index in [1.165, 1.54) is 6.07 Å². The van der Waals surface area contributed by atoms with Crippen LogP contribution in [0.15, 0.2) is 48.5 Å². The third-order valence-corrected chi connectivity index (χ3v) is 3.84. The van der Waals surface area contributed by atoms with Crippen LogP contribution in [-0.2, 0) is 16.0 Å². The molecule has 4 nitrogen and oxygen atoms in total. The van der Waals surface area contributed by atoms with Gasteiger partial charge < -0.3 is 15.0 Å². The summed E-state index contributed by atoms with van der Waals surface area (Å²) in [6.07, 6.45) is 0.0257. The molecule has 1 fully saturated rings. The van der Waals surface area contributed by atoms with Crippen LogP contribution in [0.3, 0.4) is 0 Å². The lowest BCUT2D eigenvalue weighted by molar-refractivity contribution is -0.115. The van der Waals surface area contributed by atoms with Crippen molar-refractivity contribution in [1.29, 1.82) is 0 Å². The van der Waals surface area contributed by atoms with Crippen LogP contribution in [0, 0.1) is 5.82 Å². The molecule has 0 unspecified atom stereocenters. The number of hydrogen-bond acceptors (Lipinski definition) is 3. The molecule has 0 saturated carbocycles. The van der Waals surface area contributed by atoms with Gasteiger partial charge >= 0.3 is 0 Å². The Balaban J connectivity index is 1.59. The molecular weight excluding hydrogens is 295 g/mol. The smallest absolute Gasteiger partial charge is 0.228 e. The molecule has 1 N–H and O–H groups in total. The lowest BCUT2D eigenvalue weighted by Crippen LogP contribution is -2.36. The quantitative estimate of drug-likeness (QED) is 0.943. The van der Waals surface area contributed by atoms with Gasteiger partial charge in [-0.3, -0.25) is 4.79 Å². The molecule has 0 bridgehead atoms. The van der Waals surface area contributed by atoms with Crippen molar-refractivity contribution >= 4 is 17.3 Å². The first-order chi connectivity index (χ1) is 11.2. The molecule has 0 radical (unpaired) electrons. The summed E-state index contributed by atoms with van der Waals surface area (Å²) >= 11 is 0. The van der Waals surface area contributed by atoms with Gasteiger partial charge in [0.15, 0.2) is 0 Å². The number of carbonyl (C=O) groups excluding carboxylic acids is 1. The molecule has 5 heteroatoms. The summed E-state index contributed by atoms with van der Waals surface area (Å²) in [6.45, 7) is 3.22. The molecule has 2 aromatic carbocycles. The van der Waals surface area contributed by atoms with E-state index in [0.717, 1.165) is 32.0 Å². The van der Waals surface area contributed by atoms with Gasteiger partial charge in [-0.1, -0.05) is 18.2 Å². The maximum atomic E-state index is 13.6. The van der Waals surface area contributed by atoms with E-state index in [4.69, 9.17) is 4.74 Å². The molecule has 0 atom stereocenters. The number of morpholine rings is 1. The Morgan fingerprint density at radius 3 is 2.48 bits per heavy atom. The van der Waals surface area contributed by atoms with E-state index in [1.807, 2.05) is 24.3 Å². The molecule has 1 aliphatic rings. The highest BCUT2D eigenvalue weighted by Gasteiger charge is 2.12. The average Bonchev–Trinajstić information content (AvgIpc) is 2.58. The molecule has 0 spiro atoms. The van der Waals surface area contributed by atoms with E-state index in [0.29, 0.717) is 11.3 Å². The van der Waals surface area contributed by atoms with Gasteiger partial charge in [0.25, 0.3) is 0 Å². The summed E-state index contributed by atoms with van der Waals surface area (Å²) in [5, 5.41) is 2.80. The van der Waals surface area contributed by atoms with Crippen LogP contribution in [0.5, 0.6) is 0 Å². The molecule has 3 rings (SSSR count). The number of carbonyl (C=O) groups is 1. The van der Waals surface area contributed by atoms with Gasteiger partial charge in [0.1, 0.15) is 5.82 Å². The molecular formula is C18H19FN2O2. The van der Waals surface area contributed by atoms with Gasteiger partial charge in [-0.05, 0) is 35.9 Å². The fourth-order valence-corrected chi connectivity index (χ4v) is 2.60. The fourth-order valence-electron chi connectivity index (χ4n) is 2.60. The minimum atomic E-state index is -0.356. The molecule has 1 heterocycles. The van der Waals surface area contributed by atoms with E-state index in [-0.39, 0.29) is 18.1 Å². The Labute approximate surface area is 134 Å². The zero-order valence-corrected chi connectivity index (χ0v) is 12.8. The van der Waals surface area contributed by atoms with Crippen LogP contribution in [0.1, 0.15) is 5.56 Å². The van der Waals surface area contributed by atoms with Crippen molar-refractivity contribution in [2.24, 2.45) is 0 Å². The van der Waals surface area contributed by atoms with Crippen LogP contribution in [-0.4, -0.2) is 32.2 Å². The highest BCUT2D eigenvalue weighted by molar-refractivity contribution is 5.92. The van der Waals surface area contributed by atoms with E-state index in [9.17, 15) is 9.18 Å². The van der Waals surface area contributed by atoms with Crippen molar-refractivity contribution in [3.05, 3.63) is 59.9 Å². The van der Waals surface area contributed by atoms with Crippen LogP contribution in [0.2, 0.25) is 0 Å². The number of hydrogen-bond donors (Lipinski definition) is 1. The topological polar surface area (TPSA) is 41.6 Å². The molecule has 120 valence electrons. The summed E-state index contributed by atoms with van der Waals surface area (Å²) in [4.78, 5) is 14.3. The third-order valence-electron chi connectivity index (χ3n) is 3.84. The molecule has 1 aliphatic heterocycles. The van der Waals surface area contributed by atoms with Gasteiger partial charge in [-0.2, -0.15) is 0 Å². The molecule has 0 aromatic heterocycles. The maximum Gasteiger partial charge on any atom is 0.228 e. The third kappa shape index (κ3) is 4.07. The second-order valence-corrected chi connectivity index (χ2v) is 5.46. The van der Waals surface area contributed by atoms with Crippen molar-refractivity contribution in [2.45, 2.75) is 6.42 Å². The van der Waals surface area contributed by atoms with E-state index in [1.54, 1.807) is 18.2 Å². The second-order valence-electron chi connectivity index (χ2n) is 5.46. The minimum Gasteiger partial charge on any atom is -0.378 e. The van der Waals surface area contributed by atoms with Crippen LogP contribution in [0.4, 0.5) is 15.8 Å². The fraction of sp³-hybridized carbons (Fsp3) is 0.278. The standard InChI is InChI=1S/C18H19FN2O2/c19-17-4-2-1-3-14(17)13-18(22)20-15-5-7-16(8-6-15)21-9-11-23-12-10-21/h1-8H,9-13H2,(H,20,22). The summed E-state index contributed by atoms with van der Waals surface area (Å²) in [5.74, 6) is -0.584. The SMILES string of the molecule is O=C(Cc1ccccc1F)Nc1ccc(N2CCOCC2)cc1. The highest BCUT2D eigenvalue weighted by atomic mass is 19.1. The van der Waals surface area contributed by atoms with Crippen molar-refractivity contribution in [3.8, 4) is 0 Å². The maximum absolute atomic E-state index is 13.6. The molecule has 2 aromatic rings. The van der Waals surface area contributed by atoms with Gasteiger partial charge in [0.2, 0.25) is 5.91 Å². The minimum absolute atomic E-state index is 0.0257. The first kappa shape index (κ1) is 15.5. The number of rotatable bonds is 4. The predicted molar refractivity (Wildman–Crippen MR) is 88.2 cm³/mol. The van der Waals surface area contributed by atoms with Gasteiger partial charge in [-0.25, -0.2) is 4.39 Å². The summed E-state index contributed by atoms with van der Waals surface area (Å²) in [5.41, 5.74) is 2.22. The number of anilines is 2. The second kappa shape index (κ2) is 7.24. The molecule has 1 amide bonds. The van der Waals surface area contributed by atoms with Gasteiger partial charge in [0.05, 0.1) is 19.6 Å². The van der Waals surface area contributed by atoms with Crippen LogP contribution in [0.25, 0.3) is 0 Å². The zero-order chi connectivity index (χ0) is 16.1. The van der Waals surface area contributed by atoms with Gasteiger partial charge in [-0.15, -0.1) is 0 Å². The zero-order valence-electron chi connectivity index (χ0n) is 12.8. The monoisotopic (exact) mass is 314 g/mol. The number of ether oxygens (including phenoxy) is 1. The molecule has 1 saturated heterocycles. The normalized spacial score (nSPS) is 14.6. The highest BCUT2D eigenvalue weighted by Crippen LogP contribution is 2.19. The number of halogens is 1. The van der Waals surface area contributed by atoms with Crippen LogP contribution >= 0.6 is 0 Å². The lowest BCUT2D eigenvalue weighted by Gasteiger charge is -2.28. The lowest BCUT2D eigenvalue weighted by atomic mass is 10.1. The number of nitrogens with zero attached hydrogens (tertiary/aromatic N) is 1. The van der Waals surface area contributed by atoms with E-state index >= 15 is 0 Å². The first-order valence-electron chi connectivity index (χ1n) is 7.68.